The molecule has 3 heterocycles. The second-order valence-electron chi connectivity index (χ2n) is 6.64. The molecule has 0 aliphatic carbocycles. The molecule has 0 radical (unpaired) electrons. The number of rotatable bonds is 2. The Kier molecular flexibility index (Phi) is 3.82. The Labute approximate surface area is 129 Å². The molecule has 1 aliphatic rings. The maximum atomic E-state index is 5.97. The first-order chi connectivity index (χ1) is 10.5. The number of hydrogen-bond donors (Lipinski definition) is 1. The van der Waals surface area contributed by atoms with E-state index in [-0.39, 0.29) is 23.3 Å². The largest absolute Gasteiger partial charge is 0.419 e. The van der Waals surface area contributed by atoms with E-state index in [2.05, 4.69) is 40.9 Å². The third kappa shape index (κ3) is 2.81. The number of nitrogens with two attached hydrogens (primary N) is 1. The van der Waals surface area contributed by atoms with Gasteiger partial charge in [-0.1, -0.05) is 20.8 Å². The number of ether oxygens (including phenoxy) is 1. The monoisotopic (exact) mass is 303 g/mol. The second kappa shape index (κ2) is 5.64. The van der Waals surface area contributed by atoms with E-state index in [0.717, 1.165) is 19.4 Å². The van der Waals surface area contributed by atoms with Crippen molar-refractivity contribution in [2.24, 2.45) is 5.41 Å². The first-order valence-electron chi connectivity index (χ1n) is 7.48. The van der Waals surface area contributed by atoms with Crippen LogP contribution in [0.3, 0.4) is 0 Å². The average Bonchev–Trinajstić information content (AvgIpc) is 2.96. The van der Waals surface area contributed by atoms with Crippen molar-refractivity contribution in [1.82, 2.24) is 20.2 Å². The lowest BCUT2D eigenvalue weighted by Gasteiger charge is -2.38. The molecule has 0 bridgehead atoms. The van der Waals surface area contributed by atoms with E-state index in [9.17, 15) is 0 Å². The predicted octanol–water partition coefficient (Wildman–Crippen LogP) is 2.42. The van der Waals surface area contributed by atoms with Crippen LogP contribution in [-0.4, -0.2) is 32.9 Å². The molecule has 2 aromatic heterocycles. The highest BCUT2D eigenvalue weighted by Gasteiger charge is 2.39. The number of hydrogen-bond acceptors (Lipinski definition) is 7. The summed E-state index contributed by atoms with van der Waals surface area (Å²) in [5.74, 6) is 1.26. The number of nitrogen functional groups attached to an aromatic ring is 1. The van der Waals surface area contributed by atoms with E-state index in [4.69, 9.17) is 14.9 Å². The van der Waals surface area contributed by atoms with E-state index in [1.807, 2.05) is 0 Å². The molecule has 3 rings (SSSR count). The fourth-order valence-corrected chi connectivity index (χ4v) is 2.88. The van der Waals surface area contributed by atoms with Gasteiger partial charge in [-0.2, -0.15) is 0 Å². The van der Waals surface area contributed by atoms with E-state index in [1.165, 1.54) is 6.20 Å². The third-order valence-electron chi connectivity index (χ3n) is 3.86. The summed E-state index contributed by atoms with van der Waals surface area (Å²) in [7, 11) is 0. The van der Waals surface area contributed by atoms with Crippen molar-refractivity contribution in [2.45, 2.75) is 45.6 Å². The lowest BCUT2D eigenvalue weighted by Crippen LogP contribution is -2.38. The zero-order chi connectivity index (χ0) is 15.7. The van der Waals surface area contributed by atoms with Crippen LogP contribution < -0.4 is 5.73 Å². The van der Waals surface area contributed by atoms with Crippen LogP contribution in [-0.2, 0) is 4.74 Å². The molecule has 0 amide bonds. The summed E-state index contributed by atoms with van der Waals surface area (Å²) in [5, 5.41) is 8.29. The SMILES string of the molecule is CC(C)(C)[C@@H]1OCCC[C@H]1c1nnc(-c2nccnc2N)o1. The van der Waals surface area contributed by atoms with Gasteiger partial charge in [0.25, 0.3) is 5.89 Å². The molecule has 2 N–H and O–H groups in total. The smallest absolute Gasteiger partial charge is 0.270 e. The fourth-order valence-electron chi connectivity index (χ4n) is 2.88. The number of aromatic nitrogens is 4. The molecular formula is C15H21N5O2. The van der Waals surface area contributed by atoms with Crippen molar-refractivity contribution in [3.8, 4) is 11.6 Å². The van der Waals surface area contributed by atoms with Gasteiger partial charge in [0.05, 0.1) is 12.0 Å². The highest BCUT2D eigenvalue weighted by atomic mass is 16.5. The molecule has 118 valence electrons. The predicted molar refractivity (Wildman–Crippen MR) is 80.9 cm³/mol. The molecule has 0 unspecified atom stereocenters. The van der Waals surface area contributed by atoms with Crippen LogP contribution in [0.25, 0.3) is 11.6 Å². The summed E-state index contributed by atoms with van der Waals surface area (Å²) in [5.41, 5.74) is 6.24. The molecule has 0 aromatic carbocycles. The molecular weight excluding hydrogens is 282 g/mol. The highest BCUT2D eigenvalue weighted by Crippen LogP contribution is 2.40. The highest BCUT2D eigenvalue weighted by molar-refractivity contribution is 5.60. The molecule has 1 fully saturated rings. The van der Waals surface area contributed by atoms with E-state index < -0.39 is 0 Å². The molecule has 2 atom stereocenters. The average molecular weight is 303 g/mol. The summed E-state index contributed by atoms with van der Waals surface area (Å²) in [6, 6.07) is 0. The van der Waals surface area contributed by atoms with Crippen LogP contribution in [0.2, 0.25) is 0 Å². The van der Waals surface area contributed by atoms with E-state index in [0.29, 0.717) is 17.5 Å². The summed E-state index contributed by atoms with van der Waals surface area (Å²) >= 11 is 0. The van der Waals surface area contributed by atoms with Crippen molar-refractivity contribution in [2.75, 3.05) is 12.3 Å². The van der Waals surface area contributed by atoms with Crippen molar-refractivity contribution in [3.05, 3.63) is 18.3 Å². The first kappa shape index (κ1) is 14.9. The van der Waals surface area contributed by atoms with Gasteiger partial charge in [-0.05, 0) is 18.3 Å². The lowest BCUT2D eigenvalue weighted by molar-refractivity contribution is -0.0676. The van der Waals surface area contributed by atoms with Gasteiger partial charge >= 0.3 is 0 Å². The molecule has 7 nitrogen and oxygen atoms in total. The van der Waals surface area contributed by atoms with Crippen molar-refractivity contribution in [3.63, 3.8) is 0 Å². The Balaban J connectivity index is 1.91. The van der Waals surface area contributed by atoms with Gasteiger partial charge in [0.1, 0.15) is 0 Å². The zero-order valence-electron chi connectivity index (χ0n) is 13.1. The van der Waals surface area contributed by atoms with Crippen molar-refractivity contribution < 1.29 is 9.15 Å². The van der Waals surface area contributed by atoms with Gasteiger partial charge in [-0.3, -0.25) is 0 Å². The molecule has 0 spiro atoms. The van der Waals surface area contributed by atoms with Crippen molar-refractivity contribution in [1.29, 1.82) is 0 Å². The standard InChI is InChI=1S/C15H21N5O2/c1-15(2,3)11-9(5-4-8-21-11)13-19-20-14(22-13)10-12(16)18-7-6-17-10/h6-7,9,11H,4-5,8H2,1-3H3,(H2,16,18)/t9-,11-/m1/s1. The maximum absolute atomic E-state index is 5.97. The van der Waals surface area contributed by atoms with Gasteiger partial charge < -0.3 is 14.9 Å². The van der Waals surface area contributed by atoms with Gasteiger partial charge in [0.2, 0.25) is 5.89 Å². The molecule has 7 heteroatoms. The Bertz CT molecular complexity index is 649. The minimum absolute atomic E-state index is 0.00526. The van der Waals surface area contributed by atoms with Gasteiger partial charge in [0.15, 0.2) is 11.5 Å². The van der Waals surface area contributed by atoms with Gasteiger partial charge in [-0.15, -0.1) is 10.2 Å². The molecule has 0 saturated carbocycles. The summed E-state index contributed by atoms with van der Waals surface area (Å²) in [6.45, 7) is 7.26. The zero-order valence-corrected chi connectivity index (χ0v) is 13.1. The third-order valence-corrected chi connectivity index (χ3v) is 3.86. The van der Waals surface area contributed by atoms with Crippen LogP contribution in [0.15, 0.2) is 16.8 Å². The first-order valence-corrected chi connectivity index (χ1v) is 7.48. The minimum atomic E-state index is 0.00526. The Morgan fingerprint density at radius 1 is 1.18 bits per heavy atom. The Hall–Kier alpha value is -2.02. The summed E-state index contributed by atoms with van der Waals surface area (Å²) in [6.07, 6.45) is 5.09. The fraction of sp³-hybridized carbons (Fsp3) is 0.600. The van der Waals surface area contributed by atoms with Crippen molar-refractivity contribution >= 4 is 5.82 Å². The Morgan fingerprint density at radius 2 is 1.95 bits per heavy atom. The van der Waals surface area contributed by atoms with Crippen LogP contribution in [0, 0.1) is 5.41 Å². The quantitative estimate of drug-likeness (QED) is 0.909. The van der Waals surface area contributed by atoms with E-state index in [1.54, 1.807) is 6.20 Å². The van der Waals surface area contributed by atoms with Crippen LogP contribution in [0.5, 0.6) is 0 Å². The summed E-state index contributed by atoms with van der Waals surface area (Å²) in [4.78, 5) is 8.15. The van der Waals surface area contributed by atoms with Gasteiger partial charge in [-0.25, -0.2) is 9.97 Å². The topological polar surface area (TPSA) is 100.0 Å². The van der Waals surface area contributed by atoms with E-state index >= 15 is 0 Å². The Morgan fingerprint density at radius 3 is 2.68 bits per heavy atom. The van der Waals surface area contributed by atoms with Gasteiger partial charge in [0, 0.05) is 19.0 Å². The molecule has 2 aromatic rings. The maximum Gasteiger partial charge on any atom is 0.270 e. The van der Waals surface area contributed by atoms with Crippen LogP contribution in [0.4, 0.5) is 5.82 Å². The molecule has 1 aliphatic heterocycles. The van der Waals surface area contributed by atoms with Crippen LogP contribution >= 0.6 is 0 Å². The normalized spacial score (nSPS) is 22.7. The molecule has 22 heavy (non-hydrogen) atoms. The number of nitrogens with zero attached hydrogens (tertiary/aromatic N) is 4. The number of anilines is 1. The summed E-state index contributed by atoms with van der Waals surface area (Å²) < 4.78 is 11.8. The van der Waals surface area contributed by atoms with Crippen LogP contribution in [0.1, 0.15) is 45.4 Å². The second-order valence-corrected chi connectivity index (χ2v) is 6.64. The minimum Gasteiger partial charge on any atom is -0.419 e. The lowest BCUT2D eigenvalue weighted by atomic mass is 9.78. The molecule has 1 saturated heterocycles.